The Morgan fingerprint density at radius 3 is 2.23 bits per heavy atom. The van der Waals surface area contributed by atoms with Crippen molar-refractivity contribution in [3.8, 4) is 0 Å². The minimum Gasteiger partial charge on any atom is -0.480 e. The number of amides is 2. The number of likely N-dealkylation sites (tertiary alicyclic amines) is 1. The zero-order chi connectivity index (χ0) is 28.5. The van der Waals surface area contributed by atoms with Crippen LogP contribution in [-0.4, -0.2) is 57.7 Å². The van der Waals surface area contributed by atoms with E-state index in [-0.39, 0.29) is 27.3 Å². The molecule has 9 nitrogen and oxygen atoms in total. The van der Waals surface area contributed by atoms with E-state index >= 15 is 0 Å². The number of carboxylic acid groups (broad SMARTS) is 1. The number of ketones is 1. The summed E-state index contributed by atoms with van der Waals surface area (Å²) < 4.78 is 0.353. The summed E-state index contributed by atoms with van der Waals surface area (Å²) in [6.07, 6.45) is 4.03. The highest BCUT2D eigenvalue weighted by molar-refractivity contribution is 9.12. The highest BCUT2D eigenvalue weighted by atomic mass is 79.9. The van der Waals surface area contributed by atoms with Crippen molar-refractivity contribution in [1.82, 2.24) is 15.2 Å². The molecular weight excluding hydrogens is 611 g/mol. The van der Waals surface area contributed by atoms with E-state index in [9.17, 15) is 24.3 Å². The van der Waals surface area contributed by atoms with Crippen LogP contribution in [0.15, 0.2) is 46.8 Å². The number of piperidine rings is 1. The van der Waals surface area contributed by atoms with Crippen LogP contribution < -0.4 is 10.6 Å². The fraction of sp³-hybridized carbons (Fsp3) is 0.370. The van der Waals surface area contributed by atoms with E-state index in [2.05, 4.69) is 31.5 Å². The number of rotatable bonds is 8. The van der Waals surface area contributed by atoms with Gasteiger partial charge >= 0.3 is 5.97 Å². The Balaban J connectivity index is 1.52. The number of carbonyl (C=O) groups excluding carboxylic acids is 3. The summed E-state index contributed by atoms with van der Waals surface area (Å²) in [7, 11) is 0. The molecule has 1 aliphatic heterocycles. The quantitative estimate of drug-likeness (QED) is 0.372. The molecule has 2 aromatic rings. The third-order valence-electron chi connectivity index (χ3n) is 7.48. The average molecular weight is 638 g/mol. The maximum atomic E-state index is 12.9. The first-order valence-electron chi connectivity index (χ1n) is 12.4. The molecule has 2 atom stereocenters. The monoisotopic (exact) mass is 636 g/mol. The van der Waals surface area contributed by atoms with E-state index in [4.69, 9.17) is 23.2 Å². The van der Waals surface area contributed by atoms with Crippen molar-refractivity contribution >= 4 is 68.4 Å². The number of carbonyl (C=O) groups is 4. The van der Waals surface area contributed by atoms with Gasteiger partial charge in [-0.1, -0.05) is 42.3 Å². The normalized spacial score (nSPS) is 17.9. The first kappa shape index (κ1) is 29.0. The number of benzene rings is 1. The minimum atomic E-state index is -1.05. The van der Waals surface area contributed by atoms with Crippen LogP contribution >= 0.6 is 39.1 Å². The van der Waals surface area contributed by atoms with Gasteiger partial charge in [-0.3, -0.25) is 19.4 Å². The number of anilines is 1. The zero-order valence-electron chi connectivity index (χ0n) is 21.3. The molecule has 1 aliphatic carbocycles. The number of nitrogens with one attached hydrogen (secondary N) is 2. The van der Waals surface area contributed by atoms with Crippen molar-refractivity contribution in [2.75, 3.05) is 18.4 Å². The van der Waals surface area contributed by atoms with Crippen LogP contribution in [0.1, 0.15) is 54.9 Å². The van der Waals surface area contributed by atoms with Crippen molar-refractivity contribution < 1.29 is 24.3 Å². The van der Waals surface area contributed by atoms with E-state index in [1.807, 2.05) is 6.92 Å². The summed E-state index contributed by atoms with van der Waals surface area (Å²) >= 11 is 15.5. The van der Waals surface area contributed by atoms with E-state index in [0.717, 1.165) is 5.56 Å². The van der Waals surface area contributed by atoms with Crippen molar-refractivity contribution in [3.63, 3.8) is 0 Å². The Kier molecular flexibility index (Phi) is 8.68. The van der Waals surface area contributed by atoms with Crippen LogP contribution in [0.2, 0.25) is 10.0 Å². The highest BCUT2D eigenvalue weighted by Crippen LogP contribution is 2.51. The van der Waals surface area contributed by atoms with Gasteiger partial charge in [-0.05, 0) is 52.9 Å². The van der Waals surface area contributed by atoms with E-state index in [1.165, 1.54) is 19.3 Å². The van der Waals surface area contributed by atoms with Gasteiger partial charge in [0.2, 0.25) is 5.91 Å². The molecule has 3 N–H and O–H groups in total. The number of Topliss-reactive ketones (excluding diaryl/α,β-unsaturated/α-hetero) is 1. The summed E-state index contributed by atoms with van der Waals surface area (Å²) in [5.74, 6) is -2.10. The zero-order valence-corrected chi connectivity index (χ0v) is 24.4. The largest absolute Gasteiger partial charge is 0.480 e. The topological polar surface area (TPSA) is 129 Å². The smallest absolute Gasteiger partial charge is 0.326 e. The van der Waals surface area contributed by atoms with Gasteiger partial charge in [-0.25, -0.2) is 4.79 Å². The van der Waals surface area contributed by atoms with Gasteiger partial charge in [0.05, 0.1) is 25.5 Å². The number of halogens is 3. The molecule has 1 fully saturated rings. The summed E-state index contributed by atoms with van der Waals surface area (Å²) in [5, 5.41) is 16.3. The third-order valence-corrected chi connectivity index (χ3v) is 8.81. The predicted octanol–water partition coefficient (Wildman–Crippen LogP) is 5.00. The van der Waals surface area contributed by atoms with Crippen LogP contribution in [0, 0.1) is 5.41 Å². The van der Waals surface area contributed by atoms with Crippen molar-refractivity contribution in [1.29, 1.82) is 0 Å². The Hall–Kier alpha value is -2.95. The summed E-state index contributed by atoms with van der Waals surface area (Å²) in [5.41, 5.74) is 1.10. The number of carboxylic acids is 1. The lowest BCUT2D eigenvalue weighted by atomic mass is 9.64. The van der Waals surface area contributed by atoms with E-state index in [1.54, 1.807) is 29.2 Å². The molecule has 1 aromatic carbocycles. The summed E-state index contributed by atoms with van der Waals surface area (Å²) in [4.78, 5) is 55.4. The number of hydrogen-bond acceptors (Lipinski definition) is 6. The predicted molar refractivity (Wildman–Crippen MR) is 151 cm³/mol. The summed E-state index contributed by atoms with van der Waals surface area (Å²) in [6.45, 7) is 4.26. The molecule has 0 radical (unpaired) electrons. The Labute approximate surface area is 244 Å². The lowest BCUT2D eigenvalue weighted by molar-refractivity contribution is -0.141. The molecule has 4 rings (SSSR count). The van der Waals surface area contributed by atoms with Crippen LogP contribution in [0.5, 0.6) is 0 Å². The number of nitrogens with zero attached hydrogens (tertiary/aromatic N) is 2. The number of aliphatic carboxylic acids is 1. The SMILES string of the molecule is CCC(c1ccc(NC(=O)c2c(Cl)cncc2Cl)cc1)[C@H](NC1=C(Br)C(=O)C12CCN(C(C)=O)CC2)C(=O)O. The van der Waals surface area contributed by atoms with Crippen molar-refractivity contribution in [3.05, 3.63) is 68.0 Å². The second-order valence-electron chi connectivity index (χ2n) is 9.64. The van der Waals surface area contributed by atoms with Gasteiger partial charge in [0, 0.05) is 49.7 Å². The number of pyridine rings is 1. The molecule has 39 heavy (non-hydrogen) atoms. The Morgan fingerprint density at radius 2 is 1.72 bits per heavy atom. The van der Waals surface area contributed by atoms with Gasteiger partial charge in [0.25, 0.3) is 5.91 Å². The standard InChI is InChI=1S/C27H27BrCl2N4O5/c1-3-17(15-4-6-16(7-5-15)32-25(37)20-18(29)12-31-13-19(20)30)22(26(38)39)33-23-21(28)24(36)27(23)8-10-34(11-9-27)14(2)35/h4-7,12-13,17,22,33H,3,8-11H2,1-2H3,(H,32,37)(H,38,39)/t17?,22-/m0/s1. The molecule has 0 saturated carbocycles. The fourth-order valence-corrected chi connectivity index (χ4v) is 6.67. The molecule has 2 aliphatic rings. The van der Waals surface area contributed by atoms with Crippen LogP contribution in [0.25, 0.3) is 0 Å². The lowest BCUT2D eigenvalue weighted by Gasteiger charge is -2.48. The minimum absolute atomic E-state index is 0.0461. The summed E-state index contributed by atoms with van der Waals surface area (Å²) in [6, 6.07) is 5.86. The fourth-order valence-electron chi connectivity index (χ4n) is 5.26. The molecule has 2 amide bonds. The van der Waals surface area contributed by atoms with Crippen LogP contribution in [0.3, 0.4) is 0 Å². The first-order chi connectivity index (χ1) is 18.5. The van der Waals surface area contributed by atoms with Crippen molar-refractivity contribution in [2.24, 2.45) is 5.41 Å². The number of hydrogen-bond donors (Lipinski definition) is 3. The second-order valence-corrected chi connectivity index (χ2v) is 11.2. The van der Waals surface area contributed by atoms with Gasteiger partial charge in [-0.15, -0.1) is 0 Å². The molecule has 1 aromatic heterocycles. The van der Waals surface area contributed by atoms with Gasteiger partial charge in [0.15, 0.2) is 5.78 Å². The third kappa shape index (κ3) is 5.55. The maximum absolute atomic E-state index is 12.9. The van der Waals surface area contributed by atoms with E-state index in [0.29, 0.717) is 48.2 Å². The number of allylic oxidation sites excluding steroid dienone is 2. The molecule has 1 saturated heterocycles. The maximum Gasteiger partial charge on any atom is 0.326 e. The molecule has 2 heterocycles. The molecule has 206 valence electrons. The van der Waals surface area contributed by atoms with Gasteiger partial charge < -0.3 is 20.6 Å². The Morgan fingerprint density at radius 1 is 1.13 bits per heavy atom. The van der Waals surface area contributed by atoms with Crippen molar-refractivity contribution in [2.45, 2.75) is 45.1 Å². The average Bonchev–Trinajstić information content (AvgIpc) is 2.91. The second kappa shape index (κ2) is 11.7. The molecular formula is C27H27BrCl2N4O5. The number of aromatic nitrogens is 1. The molecule has 0 bridgehead atoms. The van der Waals surface area contributed by atoms with Gasteiger partial charge in [0.1, 0.15) is 6.04 Å². The van der Waals surface area contributed by atoms with E-state index < -0.39 is 29.3 Å². The van der Waals surface area contributed by atoms with Crippen LogP contribution in [-0.2, 0) is 14.4 Å². The molecule has 1 unspecified atom stereocenters. The Bertz CT molecular complexity index is 1340. The molecule has 12 heteroatoms. The molecule has 1 spiro atoms. The first-order valence-corrected chi connectivity index (χ1v) is 13.9. The van der Waals surface area contributed by atoms with Gasteiger partial charge in [-0.2, -0.15) is 0 Å². The highest BCUT2D eigenvalue weighted by Gasteiger charge is 2.55. The lowest BCUT2D eigenvalue weighted by Crippen LogP contribution is -2.57. The van der Waals surface area contributed by atoms with Crippen LogP contribution in [0.4, 0.5) is 5.69 Å².